The van der Waals surface area contributed by atoms with Crippen molar-refractivity contribution in [2.75, 3.05) is 32.1 Å². The highest BCUT2D eigenvalue weighted by atomic mass is 16.5. The van der Waals surface area contributed by atoms with E-state index in [-0.39, 0.29) is 24.5 Å². The first kappa shape index (κ1) is 14.7. The van der Waals surface area contributed by atoms with Gasteiger partial charge in [0.2, 0.25) is 11.8 Å². The van der Waals surface area contributed by atoms with Gasteiger partial charge in [0.1, 0.15) is 0 Å². The molecule has 6 nitrogen and oxygen atoms in total. The molecule has 0 spiro atoms. The van der Waals surface area contributed by atoms with Gasteiger partial charge >= 0.3 is 0 Å². The van der Waals surface area contributed by atoms with Crippen LogP contribution in [0.25, 0.3) is 0 Å². The Labute approximate surface area is 107 Å². The van der Waals surface area contributed by atoms with E-state index in [1.54, 1.807) is 18.0 Å². The van der Waals surface area contributed by atoms with E-state index >= 15 is 0 Å². The molecular weight excluding hydrogens is 234 g/mol. The third-order valence-electron chi connectivity index (χ3n) is 2.44. The summed E-state index contributed by atoms with van der Waals surface area (Å²) < 4.78 is 5.05. The van der Waals surface area contributed by atoms with Crippen LogP contribution in [0.1, 0.15) is 26.5 Å². The molecule has 0 unspecified atom stereocenters. The molecule has 0 bridgehead atoms. The quantitative estimate of drug-likeness (QED) is 0.815. The van der Waals surface area contributed by atoms with Crippen molar-refractivity contribution in [3.63, 3.8) is 0 Å². The minimum absolute atomic E-state index is 0.0280. The number of anilines is 1. The van der Waals surface area contributed by atoms with Gasteiger partial charge < -0.3 is 9.63 Å². The van der Waals surface area contributed by atoms with Crippen molar-refractivity contribution in [3.8, 4) is 0 Å². The summed E-state index contributed by atoms with van der Waals surface area (Å²) >= 11 is 0. The van der Waals surface area contributed by atoms with Gasteiger partial charge in [-0.3, -0.25) is 15.0 Å². The van der Waals surface area contributed by atoms with Crippen LogP contribution in [-0.4, -0.2) is 47.8 Å². The molecule has 18 heavy (non-hydrogen) atoms. The average molecular weight is 255 g/mol. The number of hydrogen-bond acceptors (Lipinski definition) is 5. The Morgan fingerprint density at radius 1 is 1.56 bits per heavy atom. The largest absolute Gasteiger partial charge is 0.395 e. The first-order valence-electron chi connectivity index (χ1n) is 5.89. The van der Waals surface area contributed by atoms with Crippen LogP contribution in [0, 0.1) is 0 Å². The Bertz CT molecular complexity index is 396. The van der Waals surface area contributed by atoms with Gasteiger partial charge in [-0.1, -0.05) is 25.9 Å². The normalized spacial score (nSPS) is 11.9. The van der Waals surface area contributed by atoms with Crippen molar-refractivity contribution in [2.45, 2.75) is 26.2 Å². The maximum absolute atomic E-state index is 11.6. The highest BCUT2D eigenvalue weighted by Crippen LogP contribution is 2.23. The average Bonchev–Trinajstić information content (AvgIpc) is 2.65. The summed E-state index contributed by atoms with van der Waals surface area (Å²) in [5.74, 6) is 0.157. The summed E-state index contributed by atoms with van der Waals surface area (Å²) in [5.41, 5.74) is 0.682. The summed E-state index contributed by atoms with van der Waals surface area (Å²) in [6.45, 7) is 6.74. The predicted octanol–water partition coefficient (Wildman–Crippen LogP) is 0.835. The van der Waals surface area contributed by atoms with Gasteiger partial charge in [-0.2, -0.15) is 0 Å². The molecule has 1 aromatic heterocycles. The van der Waals surface area contributed by atoms with Gasteiger partial charge in [0.15, 0.2) is 0 Å². The van der Waals surface area contributed by atoms with Gasteiger partial charge in [-0.05, 0) is 7.05 Å². The van der Waals surface area contributed by atoms with Crippen molar-refractivity contribution in [3.05, 3.63) is 11.8 Å². The van der Waals surface area contributed by atoms with Crippen LogP contribution >= 0.6 is 0 Å². The van der Waals surface area contributed by atoms with E-state index in [0.717, 1.165) is 5.69 Å². The Kier molecular flexibility index (Phi) is 4.86. The molecule has 0 aromatic carbocycles. The standard InChI is InChI=1S/C12H21N3O3/c1-12(2,3)9-7-11(18-14-9)13-10(17)8-15(4)5-6-16/h7,16H,5-6,8H2,1-4H3,(H,13,17). The van der Waals surface area contributed by atoms with E-state index in [1.165, 1.54) is 0 Å². The van der Waals surface area contributed by atoms with Gasteiger partial charge in [0.05, 0.1) is 18.8 Å². The Hall–Kier alpha value is -1.40. The van der Waals surface area contributed by atoms with E-state index in [9.17, 15) is 4.79 Å². The number of carbonyl (C=O) groups excluding carboxylic acids is 1. The molecule has 6 heteroatoms. The molecule has 0 radical (unpaired) electrons. The van der Waals surface area contributed by atoms with Crippen LogP contribution < -0.4 is 5.32 Å². The molecule has 0 aliphatic rings. The van der Waals surface area contributed by atoms with Gasteiger partial charge in [0, 0.05) is 18.0 Å². The van der Waals surface area contributed by atoms with Gasteiger partial charge in [-0.15, -0.1) is 0 Å². The lowest BCUT2D eigenvalue weighted by Gasteiger charge is -2.13. The third-order valence-corrected chi connectivity index (χ3v) is 2.44. The van der Waals surface area contributed by atoms with Crippen LogP contribution in [0.5, 0.6) is 0 Å². The number of carbonyl (C=O) groups is 1. The molecule has 0 aliphatic carbocycles. The molecule has 0 saturated carbocycles. The maximum Gasteiger partial charge on any atom is 0.240 e. The smallest absolute Gasteiger partial charge is 0.240 e. The SMILES string of the molecule is CN(CCO)CC(=O)Nc1cc(C(C)(C)C)no1. The van der Waals surface area contributed by atoms with Gasteiger partial charge in [0.25, 0.3) is 0 Å². The third kappa shape index (κ3) is 4.46. The van der Waals surface area contributed by atoms with Gasteiger partial charge in [-0.25, -0.2) is 0 Å². The lowest BCUT2D eigenvalue weighted by Crippen LogP contribution is -2.32. The molecule has 1 rings (SSSR count). The van der Waals surface area contributed by atoms with Crippen LogP contribution in [0.3, 0.4) is 0 Å². The second kappa shape index (κ2) is 5.97. The molecule has 0 aliphatic heterocycles. The monoisotopic (exact) mass is 255 g/mol. The van der Waals surface area contributed by atoms with E-state index in [0.29, 0.717) is 12.4 Å². The van der Waals surface area contributed by atoms with Crippen molar-refractivity contribution in [1.29, 1.82) is 0 Å². The minimum atomic E-state index is -0.192. The molecule has 1 heterocycles. The van der Waals surface area contributed by atoms with Crippen molar-refractivity contribution >= 4 is 11.8 Å². The Morgan fingerprint density at radius 3 is 2.72 bits per heavy atom. The molecule has 1 aromatic rings. The van der Waals surface area contributed by atoms with E-state index in [1.807, 2.05) is 20.8 Å². The highest BCUT2D eigenvalue weighted by Gasteiger charge is 2.19. The van der Waals surface area contributed by atoms with E-state index < -0.39 is 0 Å². The fraction of sp³-hybridized carbons (Fsp3) is 0.667. The second-order valence-corrected chi connectivity index (χ2v) is 5.34. The fourth-order valence-corrected chi connectivity index (χ4v) is 1.36. The molecule has 1 amide bonds. The predicted molar refractivity (Wildman–Crippen MR) is 68.4 cm³/mol. The number of aliphatic hydroxyl groups is 1. The summed E-state index contributed by atoms with van der Waals surface area (Å²) in [6.07, 6.45) is 0. The van der Waals surface area contributed by atoms with Crippen LogP contribution in [0.2, 0.25) is 0 Å². The Morgan fingerprint density at radius 2 is 2.22 bits per heavy atom. The molecule has 0 fully saturated rings. The lowest BCUT2D eigenvalue weighted by atomic mass is 9.92. The van der Waals surface area contributed by atoms with E-state index in [4.69, 9.17) is 9.63 Å². The number of aromatic nitrogens is 1. The lowest BCUT2D eigenvalue weighted by molar-refractivity contribution is -0.117. The van der Waals surface area contributed by atoms with E-state index in [2.05, 4.69) is 10.5 Å². The number of likely N-dealkylation sites (N-methyl/N-ethyl adjacent to an activating group) is 1. The zero-order valence-electron chi connectivity index (χ0n) is 11.4. The second-order valence-electron chi connectivity index (χ2n) is 5.34. The summed E-state index contributed by atoms with van der Waals surface area (Å²) in [5, 5.41) is 15.3. The first-order chi connectivity index (χ1) is 8.32. The topological polar surface area (TPSA) is 78.6 Å². The molecular formula is C12H21N3O3. The zero-order valence-corrected chi connectivity index (χ0v) is 11.4. The molecule has 102 valence electrons. The number of nitrogens with zero attached hydrogens (tertiary/aromatic N) is 2. The highest BCUT2D eigenvalue weighted by molar-refractivity contribution is 5.90. The fourth-order valence-electron chi connectivity index (χ4n) is 1.36. The number of nitrogens with one attached hydrogen (secondary N) is 1. The van der Waals surface area contributed by atoms with Crippen LogP contribution in [0.15, 0.2) is 10.6 Å². The zero-order chi connectivity index (χ0) is 13.8. The molecule has 0 atom stereocenters. The van der Waals surface area contributed by atoms with Crippen LogP contribution in [-0.2, 0) is 10.2 Å². The number of aliphatic hydroxyl groups excluding tert-OH is 1. The number of rotatable bonds is 5. The summed E-state index contributed by atoms with van der Waals surface area (Å²) in [7, 11) is 1.76. The van der Waals surface area contributed by atoms with Crippen molar-refractivity contribution in [2.24, 2.45) is 0 Å². The number of amides is 1. The van der Waals surface area contributed by atoms with Crippen molar-refractivity contribution in [1.82, 2.24) is 10.1 Å². The van der Waals surface area contributed by atoms with Crippen molar-refractivity contribution < 1.29 is 14.4 Å². The number of hydrogen-bond donors (Lipinski definition) is 2. The minimum Gasteiger partial charge on any atom is -0.395 e. The molecule has 2 N–H and O–H groups in total. The summed E-state index contributed by atoms with van der Waals surface area (Å²) in [4.78, 5) is 13.4. The first-order valence-corrected chi connectivity index (χ1v) is 5.89. The van der Waals surface area contributed by atoms with Crippen LogP contribution in [0.4, 0.5) is 5.88 Å². The summed E-state index contributed by atoms with van der Waals surface area (Å²) in [6, 6.07) is 1.73. The molecule has 0 saturated heterocycles. The maximum atomic E-state index is 11.6. The Balaban J connectivity index is 2.52.